The molecule has 1 saturated heterocycles. The minimum Gasteiger partial charge on any atom is -0.493 e. The van der Waals surface area contributed by atoms with Crippen LogP contribution in [0.2, 0.25) is 0 Å². The number of amides is 3. The molecule has 2 fully saturated rings. The summed E-state index contributed by atoms with van der Waals surface area (Å²) in [7, 11) is 5.62. The van der Waals surface area contributed by atoms with Crippen molar-refractivity contribution < 1.29 is 37.9 Å². The second-order valence-electron chi connectivity index (χ2n) is 14.4. The van der Waals surface area contributed by atoms with Crippen LogP contribution in [0.5, 0.6) is 17.2 Å². The second kappa shape index (κ2) is 14.0. The maximum absolute atomic E-state index is 13.3. The van der Waals surface area contributed by atoms with Gasteiger partial charge in [-0.05, 0) is 68.1 Å². The van der Waals surface area contributed by atoms with Gasteiger partial charge in [0.25, 0.3) is 0 Å². The van der Waals surface area contributed by atoms with Crippen molar-refractivity contribution in [1.29, 1.82) is 0 Å². The number of nitrogens with one attached hydrogen (secondary N) is 2. The molecule has 2 aliphatic carbocycles. The summed E-state index contributed by atoms with van der Waals surface area (Å²) in [4.78, 5) is 51.7. The summed E-state index contributed by atoms with van der Waals surface area (Å²) in [5, 5.41) is 5.48. The van der Waals surface area contributed by atoms with Crippen molar-refractivity contribution in [2.24, 2.45) is 11.7 Å². The first-order valence-corrected chi connectivity index (χ1v) is 17.5. The van der Waals surface area contributed by atoms with Crippen LogP contribution in [0.3, 0.4) is 0 Å². The minimum absolute atomic E-state index is 0.211. The molecule has 3 amide bonds. The Balaban J connectivity index is 1.06. The van der Waals surface area contributed by atoms with Gasteiger partial charge in [-0.15, -0.1) is 0 Å². The van der Waals surface area contributed by atoms with Crippen LogP contribution in [-0.2, 0) is 32.8 Å². The van der Waals surface area contributed by atoms with Gasteiger partial charge in [0.1, 0.15) is 18.3 Å². The number of nitrogens with two attached hydrogens (primary N) is 1. The first kappa shape index (κ1) is 34.7. The van der Waals surface area contributed by atoms with Crippen LogP contribution in [0.25, 0.3) is 0 Å². The Kier molecular flexibility index (Phi) is 9.90. The number of likely N-dealkylation sites (tertiary alicyclic amines) is 1. The van der Waals surface area contributed by atoms with E-state index in [1.165, 1.54) is 23.0 Å². The van der Waals surface area contributed by atoms with Crippen LogP contribution in [0.15, 0.2) is 36.4 Å². The van der Waals surface area contributed by atoms with Gasteiger partial charge in [0.15, 0.2) is 23.4 Å². The molecule has 2 aromatic carbocycles. The van der Waals surface area contributed by atoms with E-state index in [2.05, 4.69) is 23.7 Å². The van der Waals surface area contributed by atoms with Gasteiger partial charge in [-0.1, -0.05) is 6.07 Å². The summed E-state index contributed by atoms with van der Waals surface area (Å²) < 4.78 is 18.6. The van der Waals surface area contributed by atoms with Crippen molar-refractivity contribution in [2.45, 2.75) is 82.0 Å². The fraction of sp³-hybridized carbons (Fsp3) is 0.568. The molecule has 2 bridgehead atoms. The van der Waals surface area contributed by atoms with Gasteiger partial charge in [-0.2, -0.15) is 0 Å². The number of unbranched alkanes of at least 4 members (excludes halogenated alkanes) is 1. The summed E-state index contributed by atoms with van der Waals surface area (Å²) in [6.45, 7) is 4.13. The molecule has 1 saturated carbocycles. The first-order chi connectivity index (χ1) is 23.5. The summed E-state index contributed by atoms with van der Waals surface area (Å²) in [6, 6.07) is 11.6. The predicted octanol–water partition coefficient (Wildman–Crippen LogP) is 2.83. The lowest BCUT2D eigenvalue weighted by Crippen LogP contribution is -2.71. The zero-order valence-electron chi connectivity index (χ0n) is 29.1. The molecule has 6 atom stereocenters. The summed E-state index contributed by atoms with van der Waals surface area (Å²) in [6.07, 6.45) is 4.29. The number of Topliss-reactive ketones (excluding diaryl/α,β-unsaturated/α-hetero) is 1. The SMILES string of the molecule is COc1ccc2c3c1O[C@H]1C(=O)CC[C@H]4C(C2)[N@@+](C)(Cc2ccc(OC(=O)N(C)CCNC(=O)[C@H](CCCCN)NC(C)=O)cc2)CC[C@]314. The van der Waals surface area contributed by atoms with Crippen molar-refractivity contribution in [1.82, 2.24) is 15.5 Å². The van der Waals surface area contributed by atoms with Gasteiger partial charge >= 0.3 is 6.09 Å². The van der Waals surface area contributed by atoms with E-state index in [0.29, 0.717) is 37.1 Å². The van der Waals surface area contributed by atoms with Crippen molar-refractivity contribution in [3.8, 4) is 17.2 Å². The van der Waals surface area contributed by atoms with E-state index in [-0.39, 0.29) is 36.1 Å². The highest BCUT2D eigenvalue weighted by Gasteiger charge is 2.69. The number of hydrogen-bond donors (Lipinski definition) is 3. The molecular weight excluding hydrogens is 626 g/mol. The van der Waals surface area contributed by atoms with Gasteiger partial charge in [0.2, 0.25) is 11.8 Å². The number of ether oxygens (including phenoxy) is 3. The van der Waals surface area contributed by atoms with Crippen LogP contribution in [0.4, 0.5) is 4.79 Å². The van der Waals surface area contributed by atoms with Crippen LogP contribution >= 0.6 is 0 Å². The maximum atomic E-state index is 13.3. The molecule has 12 heteroatoms. The standard InChI is InChI=1S/C37H49N5O7/c1-23(43)40-28(7-5-6-17-38)35(45)39-18-19-41(2)36(46)48-26-11-8-24(9-12-26)22-42(3)20-16-37-27-13-14-30(44)34(37)49-33-31(47-4)15-10-25(32(33)37)21-29(27)42/h8-12,15,27-29,34H,5-7,13-14,16-22,38H2,1-4H3,(H-,39,40,43,45)/p+1/t27-,28-,29?,34-,37-,42+/m0/s1. The number of hydrogen-bond acceptors (Lipinski definition) is 8. The Morgan fingerprint density at radius 2 is 1.94 bits per heavy atom. The first-order valence-electron chi connectivity index (χ1n) is 17.5. The Morgan fingerprint density at radius 1 is 1.16 bits per heavy atom. The zero-order valence-corrected chi connectivity index (χ0v) is 29.1. The van der Waals surface area contributed by atoms with Crippen LogP contribution in [0, 0.1) is 5.92 Å². The highest BCUT2D eigenvalue weighted by molar-refractivity contribution is 5.89. The third-order valence-electron chi connectivity index (χ3n) is 11.4. The predicted molar refractivity (Wildman–Crippen MR) is 182 cm³/mol. The molecular formula is C37H50N5O7+. The van der Waals surface area contributed by atoms with Crippen molar-refractivity contribution in [3.05, 3.63) is 53.1 Å². The van der Waals surface area contributed by atoms with Gasteiger partial charge < -0.3 is 40.0 Å². The molecule has 12 nitrogen and oxygen atoms in total. The fourth-order valence-electron chi connectivity index (χ4n) is 8.96. The third-order valence-corrected chi connectivity index (χ3v) is 11.4. The summed E-state index contributed by atoms with van der Waals surface area (Å²) in [5.74, 6) is 1.94. The number of likely N-dealkylation sites (N-methyl/N-ethyl adjacent to an activating group) is 2. The van der Waals surface area contributed by atoms with Crippen molar-refractivity contribution >= 4 is 23.7 Å². The number of piperidine rings is 1. The maximum Gasteiger partial charge on any atom is 0.415 e. The second-order valence-corrected chi connectivity index (χ2v) is 14.4. The average molecular weight is 677 g/mol. The lowest BCUT2D eigenvalue weighted by Gasteiger charge is -2.60. The fourth-order valence-corrected chi connectivity index (χ4v) is 8.96. The molecule has 2 heterocycles. The molecule has 0 aromatic heterocycles. The Morgan fingerprint density at radius 3 is 2.65 bits per heavy atom. The van der Waals surface area contributed by atoms with E-state index in [9.17, 15) is 19.2 Å². The Hall–Kier alpha value is -4.16. The number of benzene rings is 2. The van der Waals surface area contributed by atoms with Crippen molar-refractivity contribution in [2.75, 3.05) is 47.4 Å². The number of nitrogens with zero attached hydrogens (tertiary/aromatic N) is 2. The smallest absolute Gasteiger partial charge is 0.415 e. The minimum atomic E-state index is -0.637. The van der Waals surface area contributed by atoms with E-state index in [1.807, 2.05) is 30.3 Å². The zero-order chi connectivity index (χ0) is 34.9. The number of rotatable bonds is 13. The highest BCUT2D eigenvalue weighted by atomic mass is 16.6. The topological polar surface area (TPSA) is 149 Å². The monoisotopic (exact) mass is 676 g/mol. The highest BCUT2D eigenvalue weighted by Crippen LogP contribution is 2.64. The number of carbonyl (C=O) groups is 4. The van der Waals surface area contributed by atoms with Gasteiger partial charge in [-0.25, -0.2) is 4.79 Å². The number of carbonyl (C=O) groups excluding carboxylic acids is 4. The molecule has 1 unspecified atom stereocenters. The molecule has 4 aliphatic rings. The Labute approximate surface area is 288 Å². The number of methoxy groups -OCH3 is 1. The molecule has 1 spiro atoms. The van der Waals surface area contributed by atoms with Gasteiger partial charge in [0.05, 0.1) is 32.2 Å². The largest absolute Gasteiger partial charge is 0.493 e. The molecule has 4 N–H and O–H groups in total. The molecule has 6 rings (SSSR count). The van der Waals surface area contributed by atoms with E-state index in [0.717, 1.165) is 66.7 Å². The lowest BCUT2D eigenvalue weighted by molar-refractivity contribution is -0.957. The lowest BCUT2D eigenvalue weighted by atomic mass is 9.51. The average Bonchev–Trinajstić information content (AvgIpc) is 3.44. The van der Waals surface area contributed by atoms with Gasteiger partial charge in [-0.3, -0.25) is 14.4 Å². The molecule has 2 aromatic rings. The normalized spacial score (nSPS) is 26.6. The molecule has 2 aliphatic heterocycles. The van der Waals surface area contributed by atoms with E-state index >= 15 is 0 Å². The van der Waals surface area contributed by atoms with Crippen LogP contribution < -0.4 is 30.6 Å². The van der Waals surface area contributed by atoms with Crippen LogP contribution in [0.1, 0.15) is 62.1 Å². The summed E-state index contributed by atoms with van der Waals surface area (Å²) >= 11 is 0. The third kappa shape index (κ3) is 6.48. The van der Waals surface area contributed by atoms with Crippen LogP contribution in [-0.4, -0.2) is 98.6 Å². The van der Waals surface area contributed by atoms with Crippen molar-refractivity contribution in [3.63, 3.8) is 0 Å². The molecule has 264 valence electrons. The summed E-state index contributed by atoms with van der Waals surface area (Å²) in [5.41, 5.74) is 8.93. The van der Waals surface area contributed by atoms with Gasteiger partial charge in [0, 0.05) is 63.4 Å². The number of quaternary nitrogens is 1. The molecule has 49 heavy (non-hydrogen) atoms. The number of ketones is 1. The van der Waals surface area contributed by atoms with E-state index in [4.69, 9.17) is 19.9 Å². The van der Waals surface area contributed by atoms with E-state index in [1.54, 1.807) is 14.2 Å². The quantitative estimate of drug-likeness (QED) is 0.217. The Bertz CT molecular complexity index is 1600. The molecule has 0 radical (unpaired) electrons. The van der Waals surface area contributed by atoms with E-state index < -0.39 is 18.2 Å².